The van der Waals surface area contributed by atoms with Gasteiger partial charge in [0.05, 0.1) is 25.4 Å². The van der Waals surface area contributed by atoms with Gasteiger partial charge in [0.2, 0.25) is 0 Å². The highest BCUT2D eigenvalue weighted by molar-refractivity contribution is 6.30. The quantitative estimate of drug-likeness (QED) is 0.785. The molecule has 0 bridgehead atoms. The molecular formula is C18H23ClN2O4. The van der Waals surface area contributed by atoms with Gasteiger partial charge in [0.1, 0.15) is 6.04 Å². The van der Waals surface area contributed by atoms with Gasteiger partial charge in [-0.25, -0.2) is 4.79 Å². The van der Waals surface area contributed by atoms with E-state index in [4.69, 9.17) is 16.3 Å². The van der Waals surface area contributed by atoms with Crippen LogP contribution in [0, 0.1) is 0 Å². The van der Waals surface area contributed by atoms with Gasteiger partial charge in [-0.05, 0) is 43.9 Å². The highest BCUT2D eigenvalue weighted by Gasteiger charge is 2.46. The Bertz CT molecular complexity index is 612. The van der Waals surface area contributed by atoms with Crippen LogP contribution >= 0.6 is 11.6 Å². The SMILES string of the molecule is CC(OCC(O)CN1C(=O)C2CCCCN2C1=O)c1ccc(Cl)cc1. The van der Waals surface area contributed by atoms with Crippen LogP contribution in [0.4, 0.5) is 4.79 Å². The second kappa shape index (κ2) is 7.72. The molecule has 0 spiro atoms. The van der Waals surface area contributed by atoms with Crippen molar-refractivity contribution in [3.05, 3.63) is 34.9 Å². The number of fused-ring (bicyclic) bond motifs is 1. The fourth-order valence-electron chi connectivity index (χ4n) is 3.36. The second-order valence-electron chi connectivity index (χ2n) is 6.62. The molecule has 1 aromatic carbocycles. The number of aliphatic hydroxyl groups is 1. The fourth-order valence-corrected chi connectivity index (χ4v) is 3.49. The Morgan fingerprint density at radius 3 is 2.68 bits per heavy atom. The molecular weight excluding hydrogens is 344 g/mol. The molecule has 2 saturated heterocycles. The van der Waals surface area contributed by atoms with Crippen molar-refractivity contribution in [1.29, 1.82) is 0 Å². The predicted molar refractivity (Wildman–Crippen MR) is 93.3 cm³/mol. The Hall–Kier alpha value is -1.63. The van der Waals surface area contributed by atoms with Crippen LogP contribution in [0.1, 0.15) is 37.9 Å². The number of carbonyl (C=O) groups is 2. The Labute approximate surface area is 152 Å². The molecule has 0 aliphatic carbocycles. The fraction of sp³-hybridized carbons (Fsp3) is 0.556. The number of ether oxygens (including phenoxy) is 1. The van der Waals surface area contributed by atoms with Gasteiger partial charge in [-0.1, -0.05) is 23.7 Å². The molecule has 1 aromatic rings. The Balaban J connectivity index is 1.52. The Morgan fingerprint density at radius 1 is 1.28 bits per heavy atom. The molecule has 25 heavy (non-hydrogen) atoms. The topological polar surface area (TPSA) is 70.1 Å². The molecule has 3 amide bonds. The van der Waals surface area contributed by atoms with Crippen LogP contribution in [0.5, 0.6) is 0 Å². The molecule has 0 aromatic heterocycles. The first-order chi connectivity index (χ1) is 12.0. The maximum atomic E-state index is 12.4. The van der Waals surface area contributed by atoms with E-state index in [9.17, 15) is 14.7 Å². The number of amides is 3. The van der Waals surface area contributed by atoms with Gasteiger partial charge in [0.15, 0.2) is 0 Å². The lowest BCUT2D eigenvalue weighted by Crippen LogP contribution is -2.40. The number of nitrogens with zero attached hydrogens (tertiary/aromatic N) is 2. The summed E-state index contributed by atoms with van der Waals surface area (Å²) in [6.07, 6.45) is 1.46. The minimum atomic E-state index is -0.913. The van der Waals surface area contributed by atoms with E-state index in [-0.39, 0.29) is 37.2 Å². The monoisotopic (exact) mass is 366 g/mol. The Morgan fingerprint density at radius 2 is 2.00 bits per heavy atom. The van der Waals surface area contributed by atoms with E-state index in [1.165, 1.54) is 0 Å². The largest absolute Gasteiger partial charge is 0.389 e. The van der Waals surface area contributed by atoms with Crippen molar-refractivity contribution in [3.8, 4) is 0 Å². The molecule has 6 nitrogen and oxygen atoms in total. The van der Waals surface area contributed by atoms with E-state index in [0.717, 1.165) is 23.3 Å². The van der Waals surface area contributed by atoms with Gasteiger partial charge in [0.25, 0.3) is 5.91 Å². The molecule has 2 aliphatic rings. The summed E-state index contributed by atoms with van der Waals surface area (Å²) < 4.78 is 5.67. The van der Waals surface area contributed by atoms with Crippen molar-refractivity contribution < 1.29 is 19.4 Å². The number of carbonyl (C=O) groups excluding carboxylic acids is 2. The van der Waals surface area contributed by atoms with Crippen LogP contribution < -0.4 is 0 Å². The zero-order valence-corrected chi connectivity index (χ0v) is 15.0. The van der Waals surface area contributed by atoms with Crippen LogP contribution in [0.3, 0.4) is 0 Å². The number of piperidine rings is 1. The lowest BCUT2D eigenvalue weighted by molar-refractivity contribution is -0.130. The molecule has 7 heteroatoms. The summed E-state index contributed by atoms with van der Waals surface area (Å²) in [5.41, 5.74) is 0.946. The normalized spacial score (nSPS) is 22.9. The number of rotatable bonds is 6. The van der Waals surface area contributed by atoms with Crippen molar-refractivity contribution >= 4 is 23.5 Å². The second-order valence-corrected chi connectivity index (χ2v) is 7.05. The van der Waals surface area contributed by atoms with Crippen molar-refractivity contribution in [1.82, 2.24) is 9.80 Å². The summed E-state index contributed by atoms with van der Waals surface area (Å²) in [6.45, 7) is 2.51. The number of urea groups is 1. The average Bonchev–Trinajstić information content (AvgIpc) is 2.86. The summed E-state index contributed by atoms with van der Waals surface area (Å²) in [4.78, 5) is 27.5. The summed E-state index contributed by atoms with van der Waals surface area (Å²) >= 11 is 5.86. The van der Waals surface area contributed by atoms with Gasteiger partial charge >= 0.3 is 6.03 Å². The summed E-state index contributed by atoms with van der Waals surface area (Å²) in [5.74, 6) is -0.200. The van der Waals surface area contributed by atoms with Crippen LogP contribution in [-0.4, -0.2) is 58.7 Å². The van der Waals surface area contributed by atoms with Crippen molar-refractivity contribution in [3.63, 3.8) is 0 Å². The lowest BCUT2D eigenvalue weighted by atomic mass is 10.0. The molecule has 3 atom stereocenters. The first-order valence-corrected chi connectivity index (χ1v) is 9.02. The maximum absolute atomic E-state index is 12.4. The number of halogens is 1. The third-order valence-corrected chi connectivity index (χ3v) is 5.05. The molecule has 1 N–H and O–H groups in total. The molecule has 0 radical (unpaired) electrons. The molecule has 3 rings (SSSR count). The number of β-amino-alcohol motifs (C(OH)–C–C–N with tert-alkyl or cyclic N) is 1. The number of benzene rings is 1. The number of aliphatic hydroxyl groups excluding tert-OH is 1. The van der Waals surface area contributed by atoms with Gasteiger partial charge in [-0.3, -0.25) is 9.69 Å². The van der Waals surface area contributed by atoms with E-state index in [1.54, 1.807) is 17.0 Å². The first kappa shape index (κ1) is 18.2. The highest BCUT2D eigenvalue weighted by Crippen LogP contribution is 2.27. The van der Waals surface area contributed by atoms with E-state index < -0.39 is 6.10 Å². The number of hydrogen-bond acceptors (Lipinski definition) is 4. The van der Waals surface area contributed by atoms with Gasteiger partial charge in [-0.15, -0.1) is 0 Å². The summed E-state index contributed by atoms with van der Waals surface area (Å²) in [5, 5.41) is 10.9. The number of imide groups is 1. The van der Waals surface area contributed by atoms with Crippen molar-refractivity contribution in [2.45, 2.75) is 44.4 Å². The molecule has 3 unspecified atom stereocenters. The van der Waals surface area contributed by atoms with Crippen LogP contribution in [0.2, 0.25) is 5.02 Å². The lowest BCUT2D eigenvalue weighted by Gasteiger charge is -2.26. The molecule has 2 heterocycles. The van der Waals surface area contributed by atoms with E-state index in [1.807, 2.05) is 19.1 Å². The molecule has 0 saturated carbocycles. The number of hydrogen-bond donors (Lipinski definition) is 1. The zero-order chi connectivity index (χ0) is 18.0. The van der Waals surface area contributed by atoms with Crippen LogP contribution in [0.25, 0.3) is 0 Å². The first-order valence-electron chi connectivity index (χ1n) is 8.64. The summed E-state index contributed by atoms with van der Waals surface area (Å²) in [6, 6.07) is 6.66. The highest BCUT2D eigenvalue weighted by atomic mass is 35.5. The van der Waals surface area contributed by atoms with Gasteiger partial charge in [-0.2, -0.15) is 0 Å². The predicted octanol–water partition coefficient (Wildman–Crippen LogP) is 2.60. The minimum absolute atomic E-state index is 0.0298. The van der Waals surface area contributed by atoms with Gasteiger partial charge in [0, 0.05) is 11.6 Å². The summed E-state index contributed by atoms with van der Waals surface area (Å²) in [7, 11) is 0. The zero-order valence-electron chi connectivity index (χ0n) is 14.2. The molecule has 136 valence electrons. The van der Waals surface area contributed by atoms with Gasteiger partial charge < -0.3 is 14.7 Å². The average molecular weight is 367 g/mol. The molecule has 2 aliphatic heterocycles. The smallest absolute Gasteiger partial charge is 0.327 e. The standard InChI is InChI=1S/C18H23ClN2O4/c1-12(13-5-7-14(19)8-6-13)25-11-15(22)10-21-17(23)16-4-2-3-9-20(16)18(21)24/h5-8,12,15-16,22H,2-4,9-11H2,1H3. The minimum Gasteiger partial charge on any atom is -0.389 e. The third-order valence-electron chi connectivity index (χ3n) is 4.80. The van der Waals surface area contributed by atoms with E-state index in [0.29, 0.717) is 18.0 Å². The molecule has 2 fully saturated rings. The Kier molecular flexibility index (Phi) is 5.61. The maximum Gasteiger partial charge on any atom is 0.327 e. The van der Waals surface area contributed by atoms with E-state index in [2.05, 4.69) is 0 Å². The third kappa shape index (κ3) is 3.97. The van der Waals surface area contributed by atoms with Crippen LogP contribution in [0.15, 0.2) is 24.3 Å². The van der Waals surface area contributed by atoms with Crippen molar-refractivity contribution in [2.75, 3.05) is 19.7 Å². The van der Waals surface area contributed by atoms with E-state index >= 15 is 0 Å². The van der Waals surface area contributed by atoms with Crippen molar-refractivity contribution in [2.24, 2.45) is 0 Å². The van der Waals surface area contributed by atoms with Crippen LogP contribution in [-0.2, 0) is 9.53 Å².